The summed E-state index contributed by atoms with van der Waals surface area (Å²) in [5.41, 5.74) is 6.77. The number of benzene rings is 1. The summed E-state index contributed by atoms with van der Waals surface area (Å²) in [7, 11) is 3.23. The van der Waals surface area contributed by atoms with Crippen LogP contribution in [-0.2, 0) is 12.8 Å². The van der Waals surface area contributed by atoms with Crippen molar-refractivity contribution in [1.29, 1.82) is 0 Å². The highest BCUT2D eigenvalue weighted by Gasteiger charge is 2.08. The molecular formula is C15H20N4O2. The van der Waals surface area contributed by atoms with Gasteiger partial charge in [-0.25, -0.2) is 4.98 Å². The lowest BCUT2D eigenvalue weighted by molar-refractivity contribution is 0.354. The Morgan fingerprint density at radius 3 is 2.38 bits per heavy atom. The fourth-order valence-electron chi connectivity index (χ4n) is 2.08. The molecule has 1 aromatic heterocycles. The fraction of sp³-hybridized carbons (Fsp3) is 0.400. The number of rotatable bonds is 6. The lowest BCUT2D eigenvalue weighted by atomic mass is 10.1. The summed E-state index contributed by atoms with van der Waals surface area (Å²) in [4.78, 5) is 12.8. The van der Waals surface area contributed by atoms with Gasteiger partial charge < -0.3 is 15.2 Å². The van der Waals surface area contributed by atoms with Gasteiger partial charge in [-0.15, -0.1) is 0 Å². The summed E-state index contributed by atoms with van der Waals surface area (Å²) >= 11 is 0. The zero-order valence-corrected chi connectivity index (χ0v) is 12.6. The molecule has 0 bridgehead atoms. The largest absolute Gasteiger partial charge is 0.493 e. The molecular weight excluding hydrogens is 268 g/mol. The van der Waals surface area contributed by atoms with Crippen LogP contribution in [0.2, 0.25) is 0 Å². The van der Waals surface area contributed by atoms with Crippen molar-refractivity contribution in [3.05, 3.63) is 35.4 Å². The van der Waals surface area contributed by atoms with Crippen LogP contribution in [0.15, 0.2) is 18.2 Å². The van der Waals surface area contributed by atoms with Crippen LogP contribution < -0.4 is 15.2 Å². The van der Waals surface area contributed by atoms with E-state index in [1.54, 1.807) is 14.2 Å². The lowest BCUT2D eigenvalue weighted by Gasteiger charge is -2.09. The van der Waals surface area contributed by atoms with Crippen molar-refractivity contribution in [1.82, 2.24) is 15.0 Å². The standard InChI is InChI=1S/C15H20N4O2/c1-4-5-13-17-14(19-15(16)18-13)9-10-6-7-11(20-2)12(8-10)21-3/h6-8H,4-5,9H2,1-3H3,(H2,16,17,18,19). The zero-order chi connectivity index (χ0) is 15.2. The summed E-state index contributed by atoms with van der Waals surface area (Å²) in [6.45, 7) is 2.08. The molecule has 21 heavy (non-hydrogen) atoms. The van der Waals surface area contributed by atoms with Gasteiger partial charge in [-0.3, -0.25) is 0 Å². The van der Waals surface area contributed by atoms with Crippen molar-refractivity contribution in [2.45, 2.75) is 26.2 Å². The second-order valence-corrected chi connectivity index (χ2v) is 4.64. The van der Waals surface area contributed by atoms with Gasteiger partial charge in [0.05, 0.1) is 14.2 Å². The third-order valence-electron chi connectivity index (χ3n) is 3.03. The average molecular weight is 288 g/mol. The van der Waals surface area contributed by atoms with Crippen LogP contribution in [-0.4, -0.2) is 29.2 Å². The number of methoxy groups -OCH3 is 2. The molecule has 0 aliphatic carbocycles. The van der Waals surface area contributed by atoms with Crippen molar-refractivity contribution < 1.29 is 9.47 Å². The number of aryl methyl sites for hydroxylation is 1. The maximum atomic E-state index is 5.74. The van der Waals surface area contributed by atoms with Crippen molar-refractivity contribution >= 4 is 5.95 Å². The molecule has 1 heterocycles. The number of nitrogens with zero attached hydrogens (tertiary/aromatic N) is 3. The maximum Gasteiger partial charge on any atom is 0.223 e. The quantitative estimate of drug-likeness (QED) is 0.875. The van der Waals surface area contributed by atoms with E-state index >= 15 is 0 Å². The molecule has 2 aromatic rings. The van der Waals surface area contributed by atoms with Crippen LogP contribution in [0.5, 0.6) is 11.5 Å². The number of nitrogen functional groups attached to an aromatic ring is 1. The third-order valence-corrected chi connectivity index (χ3v) is 3.03. The normalized spacial score (nSPS) is 10.4. The number of nitrogens with two attached hydrogens (primary N) is 1. The van der Waals surface area contributed by atoms with Crippen molar-refractivity contribution in [2.75, 3.05) is 20.0 Å². The first kappa shape index (κ1) is 15.0. The maximum absolute atomic E-state index is 5.74. The first-order valence-corrected chi connectivity index (χ1v) is 6.86. The summed E-state index contributed by atoms with van der Waals surface area (Å²) in [6, 6.07) is 5.74. The molecule has 2 rings (SSSR count). The highest BCUT2D eigenvalue weighted by atomic mass is 16.5. The van der Waals surface area contributed by atoms with E-state index in [1.165, 1.54) is 0 Å². The molecule has 0 atom stereocenters. The number of hydrogen-bond donors (Lipinski definition) is 1. The Labute approximate surface area is 124 Å². The van der Waals surface area contributed by atoms with Crippen LogP contribution in [0.4, 0.5) is 5.95 Å². The van der Waals surface area contributed by atoms with E-state index in [2.05, 4.69) is 21.9 Å². The molecule has 0 saturated carbocycles. The SMILES string of the molecule is CCCc1nc(N)nc(Cc2ccc(OC)c(OC)c2)n1. The van der Waals surface area contributed by atoms with Gasteiger partial charge in [0.2, 0.25) is 5.95 Å². The topological polar surface area (TPSA) is 83.2 Å². The second kappa shape index (κ2) is 6.88. The molecule has 0 aliphatic rings. The Hall–Kier alpha value is -2.37. The summed E-state index contributed by atoms with van der Waals surface area (Å²) < 4.78 is 10.5. The van der Waals surface area contributed by atoms with Crippen molar-refractivity contribution in [3.8, 4) is 11.5 Å². The van der Waals surface area contributed by atoms with E-state index in [1.807, 2.05) is 18.2 Å². The lowest BCUT2D eigenvalue weighted by Crippen LogP contribution is -2.08. The number of anilines is 1. The third kappa shape index (κ3) is 3.81. The van der Waals surface area contributed by atoms with E-state index in [4.69, 9.17) is 15.2 Å². The van der Waals surface area contributed by atoms with Crippen LogP contribution in [0.25, 0.3) is 0 Å². The number of hydrogen-bond acceptors (Lipinski definition) is 6. The fourth-order valence-corrected chi connectivity index (χ4v) is 2.08. The van der Waals surface area contributed by atoms with Crippen LogP contribution in [0, 0.1) is 0 Å². The van der Waals surface area contributed by atoms with E-state index in [0.717, 1.165) is 24.2 Å². The highest BCUT2D eigenvalue weighted by molar-refractivity contribution is 5.43. The second-order valence-electron chi connectivity index (χ2n) is 4.64. The first-order chi connectivity index (χ1) is 10.2. The van der Waals surface area contributed by atoms with Crippen LogP contribution in [0.1, 0.15) is 30.6 Å². The molecule has 0 amide bonds. The van der Waals surface area contributed by atoms with Gasteiger partial charge in [-0.1, -0.05) is 13.0 Å². The van der Waals surface area contributed by atoms with Gasteiger partial charge in [-0.05, 0) is 24.1 Å². The van der Waals surface area contributed by atoms with Gasteiger partial charge in [-0.2, -0.15) is 9.97 Å². The Bertz CT molecular complexity index is 617. The average Bonchev–Trinajstić information content (AvgIpc) is 2.46. The molecule has 2 N–H and O–H groups in total. The molecule has 6 heteroatoms. The molecule has 0 saturated heterocycles. The van der Waals surface area contributed by atoms with Crippen molar-refractivity contribution in [2.24, 2.45) is 0 Å². The number of ether oxygens (including phenoxy) is 2. The Balaban J connectivity index is 2.25. The van der Waals surface area contributed by atoms with Gasteiger partial charge in [0.25, 0.3) is 0 Å². The van der Waals surface area contributed by atoms with Crippen LogP contribution >= 0.6 is 0 Å². The highest BCUT2D eigenvalue weighted by Crippen LogP contribution is 2.28. The molecule has 0 spiro atoms. The van der Waals surface area contributed by atoms with E-state index < -0.39 is 0 Å². The van der Waals surface area contributed by atoms with Crippen molar-refractivity contribution in [3.63, 3.8) is 0 Å². The predicted octanol–water partition coefficient (Wildman–Crippen LogP) is 2.01. The number of aromatic nitrogens is 3. The monoisotopic (exact) mass is 288 g/mol. The predicted molar refractivity (Wildman–Crippen MR) is 80.6 cm³/mol. The summed E-state index contributed by atoms with van der Waals surface area (Å²) in [6.07, 6.45) is 2.34. The van der Waals surface area contributed by atoms with E-state index in [-0.39, 0.29) is 5.95 Å². The Kier molecular flexibility index (Phi) is 4.92. The molecule has 6 nitrogen and oxygen atoms in total. The summed E-state index contributed by atoms with van der Waals surface area (Å²) in [5.74, 6) is 3.05. The molecule has 0 aliphatic heterocycles. The Morgan fingerprint density at radius 2 is 1.71 bits per heavy atom. The van der Waals surface area contributed by atoms with Gasteiger partial charge in [0.1, 0.15) is 11.6 Å². The Morgan fingerprint density at radius 1 is 1.00 bits per heavy atom. The molecule has 0 radical (unpaired) electrons. The molecule has 0 fully saturated rings. The minimum Gasteiger partial charge on any atom is -0.493 e. The zero-order valence-electron chi connectivity index (χ0n) is 12.6. The van der Waals surface area contributed by atoms with E-state index in [9.17, 15) is 0 Å². The molecule has 0 unspecified atom stereocenters. The van der Waals surface area contributed by atoms with E-state index in [0.29, 0.717) is 23.7 Å². The van der Waals surface area contributed by atoms with Gasteiger partial charge >= 0.3 is 0 Å². The van der Waals surface area contributed by atoms with Gasteiger partial charge in [0.15, 0.2) is 11.5 Å². The minimum atomic E-state index is 0.268. The first-order valence-electron chi connectivity index (χ1n) is 6.86. The smallest absolute Gasteiger partial charge is 0.223 e. The minimum absolute atomic E-state index is 0.268. The summed E-state index contributed by atoms with van der Waals surface area (Å²) in [5, 5.41) is 0. The van der Waals surface area contributed by atoms with Crippen LogP contribution in [0.3, 0.4) is 0 Å². The molecule has 112 valence electrons. The molecule has 1 aromatic carbocycles. The van der Waals surface area contributed by atoms with Gasteiger partial charge in [0, 0.05) is 12.8 Å².